The van der Waals surface area contributed by atoms with Gasteiger partial charge in [-0.15, -0.1) is 0 Å². The summed E-state index contributed by atoms with van der Waals surface area (Å²) >= 11 is 0. The molecule has 0 bridgehead atoms. The van der Waals surface area contributed by atoms with Crippen LogP contribution in [0.1, 0.15) is 12.6 Å². The van der Waals surface area contributed by atoms with Crippen LogP contribution in [0.3, 0.4) is 0 Å². The first-order chi connectivity index (χ1) is 7.09. The summed E-state index contributed by atoms with van der Waals surface area (Å²) in [7, 11) is 0. The Hall–Kier alpha value is -1.98. The Kier molecular flexibility index (Phi) is 3.73. The summed E-state index contributed by atoms with van der Waals surface area (Å²) in [6.07, 6.45) is 4.44. The van der Waals surface area contributed by atoms with Crippen molar-refractivity contribution < 1.29 is 14.7 Å². The molecule has 1 amide bonds. The zero-order valence-electron chi connectivity index (χ0n) is 8.14. The Morgan fingerprint density at radius 1 is 1.53 bits per heavy atom. The topological polar surface area (TPSA) is 95.0 Å². The van der Waals surface area contributed by atoms with Gasteiger partial charge < -0.3 is 15.2 Å². The molecule has 0 aliphatic rings. The fourth-order valence-electron chi connectivity index (χ4n) is 1.08. The molecule has 80 valence electrons. The first-order valence-electron chi connectivity index (χ1n) is 4.32. The number of aliphatic carboxylic acids is 1. The summed E-state index contributed by atoms with van der Waals surface area (Å²) in [6, 6.07) is -1.07. The molecule has 0 aliphatic heterocycles. The average molecular weight is 208 g/mol. The van der Waals surface area contributed by atoms with E-state index in [-0.39, 0.29) is 6.42 Å². The number of nitrogens with zero attached hydrogens (tertiary/aromatic N) is 2. The van der Waals surface area contributed by atoms with Crippen LogP contribution in [0.2, 0.25) is 0 Å². The molecule has 15 heavy (non-hydrogen) atoms. The van der Waals surface area contributed by atoms with Gasteiger partial charge in [0.2, 0.25) is 5.91 Å². The van der Waals surface area contributed by atoms with Gasteiger partial charge in [-0.2, -0.15) is 0 Å². The number of rotatable bonds is 4. The van der Waals surface area contributed by atoms with Crippen molar-refractivity contribution in [2.24, 2.45) is 0 Å². The van der Waals surface area contributed by atoms with Gasteiger partial charge in [-0.3, -0.25) is 14.8 Å². The second-order valence-corrected chi connectivity index (χ2v) is 2.97. The standard InChI is InChI=1S/C9H11N3O3/c1-6(13)12-8(9(14)15)4-7-5-10-2-3-11-7/h2-3,5,8H,4H2,1H3,(H,12,13)(H,14,15)/p-1. The predicted octanol–water partition coefficient (Wildman–Crippen LogP) is -1.73. The fourth-order valence-corrected chi connectivity index (χ4v) is 1.08. The van der Waals surface area contributed by atoms with Crippen LogP contribution in [0.25, 0.3) is 0 Å². The monoisotopic (exact) mass is 208 g/mol. The summed E-state index contributed by atoms with van der Waals surface area (Å²) in [5, 5.41) is 12.9. The van der Waals surface area contributed by atoms with Crippen molar-refractivity contribution in [2.75, 3.05) is 0 Å². The molecular weight excluding hydrogens is 198 g/mol. The van der Waals surface area contributed by atoms with E-state index in [9.17, 15) is 14.7 Å². The lowest BCUT2D eigenvalue weighted by Gasteiger charge is -2.17. The maximum Gasteiger partial charge on any atom is 0.217 e. The van der Waals surface area contributed by atoms with E-state index in [0.717, 1.165) is 0 Å². The molecule has 0 saturated heterocycles. The Bertz CT molecular complexity index is 353. The molecule has 0 aromatic carbocycles. The summed E-state index contributed by atoms with van der Waals surface area (Å²) < 4.78 is 0. The molecule has 1 unspecified atom stereocenters. The predicted molar refractivity (Wildman–Crippen MR) is 48.3 cm³/mol. The maximum absolute atomic E-state index is 10.7. The molecule has 1 heterocycles. The van der Waals surface area contributed by atoms with E-state index in [1.54, 1.807) is 0 Å². The largest absolute Gasteiger partial charge is 0.548 e. The first kappa shape index (κ1) is 11.1. The van der Waals surface area contributed by atoms with Crippen molar-refractivity contribution in [1.29, 1.82) is 0 Å². The van der Waals surface area contributed by atoms with Gasteiger partial charge in [0.05, 0.1) is 17.7 Å². The smallest absolute Gasteiger partial charge is 0.217 e. The van der Waals surface area contributed by atoms with Crippen LogP contribution in [-0.4, -0.2) is 27.9 Å². The maximum atomic E-state index is 10.7. The van der Waals surface area contributed by atoms with E-state index in [1.165, 1.54) is 25.5 Å². The number of nitrogens with one attached hydrogen (secondary N) is 1. The minimum absolute atomic E-state index is 0.0652. The van der Waals surface area contributed by atoms with Crippen LogP contribution in [0, 0.1) is 0 Å². The Morgan fingerprint density at radius 3 is 2.73 bits per heavy atom. The second kappa shape index (κ2) is 5.04. The van der Waals surface area contributed by atoms with Crippen molar-refractivity contribution in [3.8, 4) is 0 Å². The van der Waals surface area contributed by atoms with Crippen molar-refractivity contribution >= 4 is 11.9 Å². The first-order valence-corrected chi connectivity index (χ1v) is 4.32. The minimum Gasteiger partial charge on any atom is -0.548 e. The molecule has 6 nitrogen and oxygen atoms in total. The molecule has 1 aromatic heterocycles. The van der Waals surface area contributed by atoms with Gasteiger partial charge in [-0.05, 0) is 0 Å². The normalized spacial score (nSPS) is 11.8. The van der Waals surface area contributed by atoms with Crippen LogP contribution < -0.4 is 10.4 Å². The summed E-state index contributed by atoms with van der Waals surface area (Å²) in [6.45, 7) is 1.24. The number of hydrogen-bond donors (Lipinski definition) is 1. The van der Waals surface area contributed by atoms with Gasteiger partial charge in [0.25, 0.3) is 0 Å². The highest BCUT2D eigenvalue weighted by atomic mass is 16.4. The average Bonchev–Trinajstić information content (AvgIpc) is 2.17. The van der Waals surface area contributed by atoms with E-state index >= 15 is 0 Å². The van der Waals surface area contributed by atoms with Crippen molar-refractivity contribution in [3.63, 3.8) is 0 Å². The van der Waals surface area contributed by atoms with Gasteiger partial charge in [-0.1, -0.05) is 0 Å². The number of aromatic nitrogens is 2. The molecule has 0 spiro atoms. The summed E-state index contributed by atoms with van der Waals surface area (Å²) in [4.78, 5) is 29.1. The molecule has 6 heteroatoms. The summed E-state index contributed by atoms with van der Waals surface area (Å²) in [5.41, 5.74) is 0.487. The SMILES string of the molecule is CC(=O)NC(Cc1cnccn1)C(=O)[O-]. The Labute approximate surface area is 86.4 Å². The van der Waals surface area contributed by atoms with E-state index in [1.807, 2.05) is 0 Å². The van der Waals surface area contributed by atoms with Gasteiger partial charge in [0.15, 0.2) is 0 Å². The number of hydrogen-bond acceptors (Lipinski definition) is 5. The third-order valence-corrected chi connectivity index (χ3v) is 1.69. The lowest BCUT2D eigenvalue weighted by Crippen LogP contribution is -2.48. The molecule has 0 radical (unpaired) electrons. The van der Waals surface area contributed by atoms with Crippen molar-refractivity contribution in [3.05, 3.63) is 24.3 Å². The van der Waals surface area contributed by atoms with Crippen LogP contribution in [0.4, 0.5) is 0 Å². The third-order valence-electron chi connectivity index (χ3n) is 1.69. The number of carbonyl (C=O) groups is 2. The van der Waals surface area contributed by atoms with E-state index in [4.69, 9.17) is 0 Å². The highest BCUT2D eigenvalue weighted by Gasteiger charge is 2.12. The molecule has 0 fully saturated rings. The van der Waals surface area contributed by atoms with Crippen LogP contribution in [0.15, 0.2) is 18.6 Å². The number of carboxylic acids is 1. The molecule has 1 rings (SSSR count). The summed E-state index contributed by atoms with van der Waals surface area (Å²) in [5.74, 6) is -1.76. The van der Waals surface area contributed by atoms with Crippen LogP contribution >= 0.6 is 0 Å². The Morgan fingerprint density at radius 2 is 2.27 bits per heavy atom. The van der Waals surface area contributed by atoms with Gasteiger partial charge in [-0.25, -0.2) is 0 Å². The lowest BCUT2D eigenvalue weighted by molar-refractivity contribution is -0.308. The van der Waals surface area contributed by atoms with E-state index in [0.29, 0.717) is 5.69 Å². The van der Waals surface area contributed by atoms with E-state index < -0.39 is 17.9 Å². The van der Waals surface area contributed by atoms with Gasteiger partial charge in [0, 0.05) is 31.9 Å². The van der Waals surface area contributed by atoms with Crippen molar-refractivity contribution in [1.82, 2.24) is 15.3 Å². The molecule has 1 aromatic rings. The zero-order valence-corrected chi connectivity index (χ0v) is 8.14. The molecule has 0 aliphatic carbocycles. The molecular formula is C9H10N3O3-. The van der Waals surface area contributed by atoms with Gasteiger partial charge in [0.1, 0.15) is 0 Å². The zero-order chi connectivity index (χ0) is 11.3. The minimum atomic E-state index is -1.34. The molecule has 1 N–H and O–H groups in total. The molecule has 1 atom stereocenters. The fraction of sp³-hybridized carbons (Fsp3) is 0.333. The quantitative estimate of drug-likeness (QED) is 0.634. The third kappa shape index (κ3) is 3.72. The highest BCUT2D eigenvalue weighted by Crippen LogP contribution is 1.97. The molecule has 0 saturated carbocycles. The number of carbonyl (C=O) groups excluding carboxylic acids is 2. The second-order valence-electron chi connectivity index (χ2n) is 2.97. The number of carboxylic acid groups (broad SMARTS) is 1. The Balaban J connectivity index is 2.67. The van der Waals surface area contributed by atoms with Crippen molar-refractivity contribution in [2.45, 2.75) is 19.4 Å². The van der Waals surface area contributed by atoms with Gasteiger partial charge >= 0.3 is 0 Å². The lowest BCUT2D eigenvalue weighted by atomic mass is 10.1. The highest BCUT2D eigenvalue weighted by molar-refractivity contribution is 5.81. The van der Waals surface area contributed by atoms with Crippen LogP contribution in [-0.2, 0) is 16.0 Å². The number of amides is 1. The van der Waals surface area contributed by atoms with E-state index in [2.05, 4.69) is 15.3 Å². The van der Waals surface area contributed by atoms with Crippen LogP contribution in [0.5, 0.6) is 0 Å².